The molecule has 0 aliphatic carbocycles. The Balaban J connectivity index is 2.27. The average molecular weight is 649 g/mol. The fourth-order valence-electron chi connectivity index (χ4n) is 3.72. The van der Waals surface area contributed by atoms with E-state index in [0.717, 1.165) is 5.56 Å². The van der Waals surface area contributed by atoms with E-state index in [1.54, 1.807) is 33.5 Å². The highest BCUT2D eigenvalue weighted by atomic mass is 32.1. The second-order valence-electron chi connectivity index (χ2n) is 13.7. The van der Waals surface area contributed by atoms with Gasteiger partial charge in [-0.25, -0.2) is 0 Å². The first-order valence-electron chi connectivity index (χ1n) is 14.5. The lowest BCUT2D eigenvalue weighted by atomic mass is 9.96. The Hall–Kier alpha value is -2.54. The minimum absolute atomic E-state index is 0.00763. The number of ether oxygens (including phenoxy) is 5. The van der Waals surface area contributed by atoms with Crippen LogP contribution >= 0.6 is 12.2 Å². The third-order valence-corrected chi connectivity index (χ3v) is 17.6. The molecule has 240 valence electrons. The molecule has 0 fully saturated rings. The lowest BCUT2D eigenvalue weighted by Crippen LogP contribution is -2.43. The highest BCUT2D eigenvalue weighted by Crippen LogP contribution is 2.44. The van der Waals surface area contributed by atoms with Crippen molar-refractivity contribution in [3.8, 4) is 28.7 Å². The molecule has 0 unspecified atom stereocenters. The van der Waals surface area contributed by atoms with Crippen molar-refractivity contribution in [1.82, 2.24) is 0 Å². The van der Waals surface area contributed by atoms with Crippen molar-refractivity contribution in [2.24, 2.45) is 5.92 Å². The normalized spacial score (nSPS) is 13.9. The van der Waals surface area contributed by atoms with Gasteiger partial charge in [-0.2, -0.15) is 0 Å². The molecule has 43 heavy (non-hydrogen) atoms. The maximum atomic E-state index is 6.95. The molecule has 0 heterocycles. The number of benzene rings is 2. The molecular formula is C33H52O7SSi2. The summed E-state index contributed by atoms with van der Waals surface area (Å²) in [5.41, 5.74) is 0.935. The van der Waals surface area contributed by atoms with Crippen molar-refractivity contribution in [1.29, 1.82) is 0 Å². The molecule has 2 atom stereocenters. The Morgan fingerprint density at radius 1 is 0.791 bits per heavy atom. The summed E-state index contributed by atoms with van der Waals surface area (Å²) in [6, 6.07) is 11.2. The van der Waals surface area contributed by atoms with Crippen molar-refractivity contribution in [3.05, 3.63) is 54.6 Å². The molecule has 2 aromatic rings. The first kappa shape index (κ1) is 36.7. The molecule has 2 aromatic carbocycles. The van der Waals surface area contributed by atoms with Crippen LogP contribution in [0.2, 0.25) is 36.3 Å². The van der Waals surface area contributed by atoms with Gasteiger partial charge in [0, 0.05) is 24.2 Å². The van der Waals surface area contributed by atoms with Gasteiger partial charge in [-0.15, -0.1) is 6.58 Å². The van der Waals surface area contributed by atoms with Gasteiger partial charge in [-0.1, -0.05) is 53.7 Å². The van der Waals surface area contributed by atoms with E-state index in [-0.39, 0.29) is 33.9 Å². The topological polar surface area (TPSA) is 64.6 Å². The third kappa shape index (κ3) is 9.47. The summed E-state index contributed by atoms with van der Waals surface area (Å²) < 4.78 is 42.0. The van der Waals surface area contributed by atoms with Crippen LogP contribution in [0.3, 0.4) is 0 Å². The van der Waals surface area contributed by atoms with Gasteiger partial charge in [0.2, 0.25) is 0 Å². The molecule has 0 aliphatic heterocycles. The minimum Gasteiger partial charge on any atom is -0.541 e. The van der Waals surface area contributed by atoms with Crippen LogP contribution in [0.5, 0.6) is 28.7 Å². The number of hydrogen-bond acceptors (Lipinski definition) is 8. The fraction of sp³-hybridized carbons (Fsp3) is 0.545. The van der Waals surface area contributed by atoms with Gasteiger partial charge in [0.1, 0.15) is 18.1 Å². The standard InChI is InChI=1S/C33H52O7SSi2/c1-15-23(30(40-43(13,14)33(5,6)7)24-16-18-26(34-8)28(20-24)35-9)22-37-31(41)38-25-17-19-27(29(21-25)36-10)39-42(11,12)32(2,3)4/h15-21,23,30H,1,22H2,2-14H3/t23-,30+/m1/s1. The van der Waals surface area contributed by atoms with E-state index in [0.29, 0.717) is 28.7 Å². The highest BCUT2D eigenvalue weighted by molar-refractivity contribution is 7.79. The van der Waals surface area contributed by atoms with E-state index >= 15 is 0 Å². The summed E-state index contributed by atoms with van der Waals surface area (Å²) >= 11 is 5.48. The molecule has 0 amide bonds. The van der Waals surface area contributed by atoms with Crippen molar-refractivity contribution < 1.29 is 32.5 Å². The van der Waals surface area contributed by atoms with Crippen LogP contribution in [0, 0.1) is 5.92 Å². The van der Waals surface area contributed by atoms with E-state index in [1.807, 2.05) is 30.3 Å². The summed E-state index contributed by atoms with van der Waals surface area (Å²) in [5.74, 6) is 2.79. The molecule has 0 N–H and O–H groups in total. The fourth-order valence-corrected chi connectivity index (χ4v) is 6.21. The first-order chi connectivity index (χ1) is 19.8. The Kier molecular flexibility index (Phi) is 12.4. The number of thiocarbonyl (C=S) groups is 1. The number of rotatable bonds is 13. The van der Waals surface area contributed by atoms with Crippen molar-refractivity contribution in [2.75, 3.05) is 27.9 Å². The van der Waals surface area contributed by atoms with E-state index in [4.69, 9.17) is 44.8 Å². The SMILES string of the molecule is C=C[C@H](COC(=S)Oc1ccc(O[Si](C)(C)C(C)(C)C)c(OC)c1)[C@H](O[Si](C)(C)C(C)(C)C)c1ccc(OC)c(OC)c1. The Morgan fingerprint density at radius 2 is 1.33 bits per heavy atom. The lowest BCUT2D eigenvalue weighted by Gasteiger charge is -2.41. The smallest absolute Gasteiger partial charge is 0.357 e. The van der Waals surface area contributed by atoms with Gasteiger partial charge in [0.25, 0.3) is 8.32 Å². The molecule has 0 spiro atoms. The zero-order valence-electron chi connectivity index (χ0n) is 28.4. The quantitative estimate of drug-likeness (QED) is 0.121. The van der Waals surface area contributed by atoms with Crippen LogP contribution in [-0.4, -0.2) is 49.8 Å². The maximum absolute atomic E-state index is 6.95. The van der Waals surface area contributed by atoms with Crippen molar-refractivity contribution in [2.45, 2.75) is 83.9 Å². The molecule has 0 radical (unpaired) electrons. The molecule has 10 heteroatoms. The predicted molar refractivity (Wildman–Crippen MR) is 184 cm³/mol. The van der Waals surface area contributed by atoms with Crippen LogP contribution in [0.4, 0.5) is 0 Å². The van der Waals surface area contributed by atoms with Gasteiger partial charge in [-0.3, -0.25) is 0 Å². The van der Waals surface area contributed by atoms with Crippen LogP contribution in [0.25, 0.3) is 0 Å². The molecular weight excluding hydrogens is 597 g/mol. The first-order valence-corrected chi connectivity index (χ1v) is 20.8. The molecule has 0 saturated carbocycles. The summed E-state index contributed by atoms with van der Waals surface area (Å²) in [4.78, 5) is 0. The van der Waals surface area contributed by atoms with Gasteiger partial charge < -0.3 is 32.5 Å². The Bertz CT molecular complexity index is 1250. The summed E-state index contributed by atoms with van der Waals surface area (Å²) in [6.07, 6.45) is 1.49. The molecule has 0 bridgehead atoms. The van der Waals surface area contributed by atoms with Crippen LogP contribution in [-0.2, 0) is 9.16 Å². The maximum Gasteiger partial charge on any atom is 0.357 e. The van der Waals surface area contributed by atoms with Crippen LogP contribution in [0.15, 0.2) is 49.1 Å². The molecule has 0 saturated heterocycles. The molecule has 2 rings (SSSR count). The summed E-state index contributed by atoms with van der Waals surface area (Å²) in [7, 11) is 0.588. The van der Waals surface area contributed by atoms with Gasteiger partial charge in [0.05, 0.1) is 27.4 Å². The number of methoxy groups -OCH3 is 3. The minimum atomic E-state index is -2.20. The second kappa shape index (κ2) is 14.5. The Labute approximate surface area is 267 Å². The van der Waals surface area contributed by atoms with Gasteiger partial charge >= 0.3 is 5.24 Å². The van der Waals surface area contributed by atoms with Crippen LogP contribution < -0.4 is 23.4 Å². The van der Waals surface area contributed by atoms with E-state index in [9.17, 15) is 0 Å². The molecule has 0 aliphatic rings. The zero-order valence-corrected chi connectivity index (χ0v) is 31.2. The summed E-state index contributed by atoms with van der Waals surface area (Å²) in [5, 5.41) is 0.0324. The third-order valence-electron chi connectivity index (χ3n) is 8.56. The zero-order chi connectivity index (χ0) is 32.8. The summed E-state index contributed by atoms with van der Waals surface area (Å²) in [6.45, 7) is 26.4. The lowest BCUT2D eigenvalue weighted by molar-refractivity contribution is 0.0966. The van der Waals surface area contributed by atoms with Gasteiger partial charge in [0.15, 0.2) is 25.6 Å². The molecule has 7 nitrogen and oxygen atoms in total. The van der Waals surface area contributed by atoms with E-state index in [2.05, 4.69) is 74.3 Å². The van der Waals surface area contributed by atoms with E-state index in [1.165, 1.54) is 0 Å². The predicted octanol–water partition coefficient (Wildman–Crippen LogP) is 9.34. The van der Waals surface area contributed by atoms with E-state index < -0.39 is 16.6 Å². The van der Waals surface area contributed by atoms with Crippen LogP contribution in [0.1, 0.15) is 53.2 Å². The number of hydrogen-bond donors (Lipinski definition) is 0. The Morgan fingerprint density at radius 3 is 1.84 bits per heavy atom. The largest absolute Gasteiger partial charge is 0.541 e. The van der Waals surface area contributed by atoms with Gasteiger partial charge in [-0.05, 0) is 66.1 Å². The molecule has 0 aromatic heterocycles. The second-order valence-corrected chi connectivity index (χ2v) is 23.5. The monoisotopic (exact) mass is 648 g/mol. The average Bonchev–Trinajstić information content (AvgIpc) is 2.91. The highest BCUT2D eigenvalue weighted by Gasteiger charge is 2.42. The van der Waals surface area contributed by atoms with Crippen molar-refractivity contribution in [3.63, 3.8) is 0 Å². The van der Waals surface area contributed by atoms with Crippen molar-refractivity contribution >= 4 is 34.1 Å².